The Bertz CT molecular complexity index is 753. The minimum Gasteiger partial charge on any atom is -0.377 e. The van der Waals surface area contributed by atoms with Gasteiger partial charge in [-0.3, -0.25) is 14.7 Å². The molecule has 5 heteroatoms. The fourth-order valence-corrected chi connectivity index (χ4v) is 4.51. The highest BCUT2D eigenvalue weighted by molar-refractivity contribution is 5.78. The van der Waals surface area contributed by atoms with Gasteiger partial charge in [-0.05, 0) is 37.1 Å². The number of pyridine rings is 1. The summed E-state index contributed by atoms with van der Waals surface area (Å²) in [7, 11) is 1.97. The molecule has 2 aromatic rings. The maximum Gasteiger partial charge on any atom is 0.234 e. The number of carbonyl (C=O) groups is 1. The second-order valence-electron chi connectivity index (χ2n) is 7.77. The first-order valence-corrected chi connectivity index (χ1v) is 9.73. The lowest BCUT2D eigenvalue weighted by Crippen LogP contribution is -2.62. The van der Waals surface area contributed by atoms with Crippen molar-refractivity contribution in [3.63, 3.8) is 0 Å². The number of nitrogens with one attached hydrogen (secondary N) is 1. The first-order valence-electron chi connectivity index (χ1n) is 9.73. The number of nitrogens with zero attached hydrogens (tertiary/aromatic N) is 2. The number of hydrogen-bond donors (Lipinski definition) is 1. The van der Waals surface area contributed by atoms with Crippen LogP contribution in [0.2, 0.25) is 0 Å². The van der Waals surface area contributed by atoms with Gasteiger partial charge in [0.15, 0.2) is 0 Å². The topological polar surface area (TPSA) is 54.5 Å². The number of hydrogen-bond acceptors (Lipinski definition) is 4. The number of fused-ring (bicyclic) bond motifs is 1. The van der Waals surface area contributed by atoms with Crippen LogP contribution in [0.5, 0.6) is 0 Å². The summed E-state index contributed by atoms with van der Waals surface area (Å²) in [4.78, 5) is 18.8. The third-order valence-corrected chi connectivity index (χ3v) is 5.76. The van der Waals surface area contributed by atoms with Crippen LogP contribution in [0.3, 0.4) is 0 Å². The second kappa shape index (κ2) is 8.19. The molecule has 0 unspecified atom stereocenters. The Morgan fingerprint density at radius 1 is 1.22 bits per heavy atom. The van der Waals surface area contributed by atoms with Crippen molar-refractivity contribution in [1.82, 2.24) is 15.2 Å². The fraction of sp³-hybridized carbons (Fsp3) is 0.455. The van der Waals surface area contributed by atoms with E-state index in [0.29, 0.717) is 31.0 Å². The molecule has 1 aromatic heterocycles. The van der Waals surface area contributed by atoms with Gasteiger partial charge in [-0.25, -0.2) is 0 Å². The molecule has 27 heavy (non-hydrogen) atoms. The van der Waals surface area contributed by atoms with Crippen molar-refractivity contribution in [3.8, 4) is 0 Å². The van der Waals surface area contributed by atoms with E-state index in [4.69, 9.17) is 4.74 Å². The second-order valence-corrected chi connectivity index (χ2v) is 7.77. The van der Waals surface area contributed by atoms with Gasteiger partial charge in [0.2, 0.25) is 5.91 Å². The molecule has 2 aliphatic rings. The van der Waals surface area contributed by atoms with E-state index in [-0.39, 0.29) is 11.9 Å². The zero-order chi connectivity index (χ0) is 18.6. The van der Waals surface area contributed by atoms with Gasteiger partial charge in [0.25, 0.3) is 0 Å². The molecule has 5 nitrogen and oxygen atoms in total. The molecule has 0 spiro atoms. The predicted molar refractivity (Wildman–Crippen MR) is 104 cm³/mol. The van der Waals surface area contributed by atoms with Crippen LogP contribution in [0.25, 0.3) is 0 Å². The maximum atomic E-state index is 12.6. The molecule has 1 aliphatic heterocycles. The molecule has 4 atom stereocenters. The number of benzene rings is 1. The highest BCUT2D eigenvalue weighted by Gasteiger charge is 2.53. The van der Waals surface area contributed by atoms with Crippen LogP contribution in [-0.4, -0.2) is 48.1 Å². The van der Waals surface area contributed by atoms with Crippen molar-refractivity contribution >= 4 is 5.91 Å². The number of amides is 1. The molecule has 0 radical (unpaired) electrons. The SMILES string of the molecule is CN(CC(=O)N[C@@H]1[C@@H](Cc2ccccc2)[C@H]2OCC[C@@H]12)Cc1cccnc1. The molecule has 1 amide bonds. The van der Waals surface area contributed by atoms with Crippen molar-refractivity contribution in [2.75, 3.05) is 20.2 Å². The van der Waals surface area contributed by atoms with Gasteiger partial charge in [-0.1, -0.05) is 36.4 Å². The molecule has 1 aliphatic carbocycles. The lowest BCUT2D eigenvalue weighted by Gasteiger charge is -2.48. The Kier molecular flexibility index (Phi) is 5.50. The smallest absolute Gasteiger partial charge is 0.234 e. The largest absolute Gasteiger partial charge is 0.377 e. The van der Waals surface area contributed by atoms with Gasteiger partial charge in [0.1, 0.15) is 0 Å². The summed E-state index contributed by atoms with van der Waals surface area (Å²) in [5.41, 5.74) is 2.42. The Labute approximate surface area is 160 Å². The molecule has 2 fully saturated rings. The number of likely N-dealkylation sites (N-methyl/N-ethyl adjacent to an activating group) is 1. The molecule has 0 bridgehead atoms. The monoisotopic (exact) mass is 365 g/mol. The van der Waals surface area contributed by atoms with Gasteiger partial charge in [-0.15, -0.1) is 0 Å². The first-order chi connectivity index (χ1) is 13.2. The Morgan fingerprint density at radius 2 is 2.04 bits per heavy atom. The first kappa shape index (κ1) is 18.1. The standard InChI is InChI=1S/C22H27N3O2/c1-25(14-17-8-5-10-23-13-17)15-20(26)24-21-18-9-11-27-22(18)19(21)12-16-6-3-2-4-7-16/h2-8,10,13,18-19,21-22H,9,11-12,14-15H2,1H3,(H,24,26)/t18-,19+,21-,22-/m0/s1. The van der Waals surface area contributed by atoms with Crippen molar-refractivity contribution in [1.29, 1.82) is 0 Å². The van der Waals surface area contributed by atoms with Crippen LogP contribution < -0.4 is 5.32 Å². The molecule has 4 rings (SSSR count). The van der Waals surface area contributed by atoms with Crippen LogP contribution in [-0.2, 0) is 22.5 Å². The summed E-state index contributed by atoms with van der Waals surface area (Å²) in [6.07, 6.45) is 5.91. The highest BCUT2D eigenvalue weighted by Crippen LogP contribution is 2.45. The third-order valence-electron chi connectivity index (χ3n) is 5.76. The number of aromatic nitrogens is 1. The predicted octanol–water partition coefficient (Wildman–Crippen LogP) is 2.28. The van der Waals surface area contributed by atoms with Gasteiger partial charge in [-0.2, -0.15) is 0 Å². The average molecular weight is 365 g/mol. The van der Waals surface area contributed by atoms with E-state index < -0.39 is 0 Å². The Hall–Kier alpha value is -2.24. The van der Waals surface area contributed by atoms with E-state index in [1.54, 1.807) is 6.20 Å². The average Bonchev–Trinajstić information content (AvgIpc) is 3.10. The van der Waals surface area contributed by atoms with E-state index in [2.05, 4.69) is 34.6 Å². The molecular formula is C22H27N3O2. The van der Waals surface area contributed by atoms with Crippen molar-refractivity contribution in [2.24, 2.45) is 11.8 Å². The quantitative estimate of drug-likeness (QED) is 0.818. The molecule has 1 saturated carbocycles. The molecule has 2 heterocycles. The Morgan fingerprint density at radius 3 is 2.81 bits per heavy atom. The third kappa shape index (κ3) is 4.20. The Balaban J connectivity index is 1.33. The summed E-state index contributed by atoms with van der Waals surface area (Å²) in [5.74, 6) is 0.925. The number of ether oxygens (including phenoxy) is 1. The fourth-order valence-electron chi connectivity index (χ4n) is 4.51. The minimum absolute atomic E-state index is 0.0924. The lowest BCUT2D eigenvalue weighted by molar-refractivity contribution is -0.128. The zero-order valence-electron chi connectivity index (χ0n) is 15.8. The van der Waals surface area contributed by atoms with Crippen LogP contribution in [0.1, 0.15) is 17.5 Å². The van der Waals surface area contributed by atoms with Crippen molar-refractivity contribution in [2.45, 2.75) is 31.5 Å². The van der Waals surface area contributed by atoms with Gasteiger partial charge in [0.05, 0.1) is 12.6 Å². The summed E-state index contributed by atoms with van der Waals surface area (Å²) in [5, 5.41) is 3.30. The van der Waals surface area contributed by atoms with E-state index in [1.807, 2.05) is 36.3 Å². The van der Waals surface area contributed by atoms with Gasteiger partial charge >= 0.3 is 0 Å². The van der Waals surface area contributed by atoms with Gasteiger partial charge in [0, 0.05) is 43.4 Å². The minimum atomic E-state index is 0.0924. The molecule has 1 saturated heterocycles. The number of carbonyl (C=O) groups excluding carboxylic acids is 1. The van der Waals surface area contributed by atoms with Crippen LogP contribution in [0.4, 0.5) is 0 Å². The van der Waals surface area contributed by atoms with E-state index >= 15 is 0 Å². The summed E-state index contributed by atoms with van der Waals surface area (Å²) in [6, 6.07) is 14.7. The van der Waals surface area contributed by atoms with E-state index in [9.17, 15) is 4.79 Å². The van der Waals surface area contributed by atoms with E-state index in [1.165, 1.54) is 5.56 Å². The van der Waals surface area contributed by atoms with Crippen LogP contribution >= 0.6 is 0 Å². The van der Waals surface area contributed by atoms with Crippen LogP contribution in [0, 0.1) is 11.8 Å². The van der Waals surface area contributed by atoms with E-state index in [0.717, 1.165) is 25.0 Å². The summed E-state index contributed by atoms with van der Waals surface area (Å²) < 4.78 is 5.94. The molecule has 142 valence electrons. The van der Waals surface area contributed by atoms with Crippen molar-refractivity contribution in [3.05, 3.63) is 66.0 Å². The lowest BCUT2D eigenvalue weighted by atomic mass is 9.64. The molecular weight excluding hydrogens is 338 g/mol. The highest BCUT2D eigenvalue weighted by atomic mass is 16.5. The summed E-state index contributed by atoms with van der Waals surface area (Å²) in [6.45, 7) is 1.92. The molecule has 1 aromatic carbocycles. The van der Waals surface area contributed by atoms with Crippen LogP contribution in [0.15, 0.2) is 54.9 Å². The zero-order valence-corrected chi connectivity index (χ0v) is 15.8. The maximum absolute atomic E-state index is 12.6. The summed E-state index contributed by atoms with van der Waals surface area (Å²) >= 11 is 0. The normalized spacial score (nSPS) is 26.4. The van der Waals surface area contributed by atoms with Crippen molar-refractivity contribution < 1.29 is 9.53 Å². The molecule has 1 N–H and O–H groups in total. The van der Waals surface area contributed by atoms with Gasteiger partial charge < -0.3 is 10.1 Å². The number of rotatable bonds is 7.